The van der Waals surface area contributed by atoms with Crippen LogP contribution in [0.3, 0.4) is 0 Å². The molecule has 0 saturated carbocycles. The standard InChI is InChI=1S/C14H8BrF4NO/c15-13-8(2-1-3-10(13)16)6-12(21)11-5-4-9(7-20-11)14(17,18)19/h1-5,7H,6H2. The maximum Gasteiger partial charge on any atom is 0.417 e. The minimum Gasteiger partial charge on any atom is -0.292 e. The second-order valence-corrected chi connectivity index (χ2v) is 5.04. The number of alkyl halides is 3. The van der Waals surface area contributed by atoms with E-state index >= 15 is 0 Å². The molecule has 2 aromatic rings. The average Bonchev–Trinajstić information content (AvgIpc) is 2.43. The van der Waals surface area contributed by atoms with Gasteiger partial charge in [0.2, 0.25) is 0 Å². The Kier molecular flexibility index (Phi) is 4.41. The molecule has 0 amide bonds. The van der Waals surface area contributed by atoms with Crippen LogP contribution >= 0.6 is 15.9 Å². The molecule has 1 heterocycles. The van der Waals surface area contributed by atoms with Crippen molar-refractivity contribution in [3.63, 3.8) is 0 Å². The van der Waals surface area contributed by atoms with E-state index in [0.29, 0.717) is 11.8 Å². The normalized spacial score (nSPS) is 11.5. The van der Waals surface area contributed by atoms with E-state index in [1.807, 2.05) is 0 Å². The van der Waals surface area contributed by atoms with Crippen LogP contribution in [-0.4, -0.2) is 10.8 Å². The maximum atomic E-state index is 13.3. The van der Waals surface area contributed by atoms with E-state index in [0.717, 1.165) is 12.1 Å². The highest BCUT2D eigenvalue weighted by molar-refractivity contribution is 9.10. The Morgan fingerprint density at radius 2 is 1.90 bits per heavy atom. The number of ketones is 1. The van der Waals surface area contributed by atoms with E-state index in [2.05, 4.69) is 20.9 Å². The minimum absolute atomic E-state index is 0.0980. The summed E-state index contributed by atoms with van der Waals surface area (Å²) in [6.45, 7) is 0. The molecule has 0 aliphatic rings. The summed E-state index contributed by atoms with van der Waals surface area (Å²) in [5, 5.41) is 0. The first-order valence-electron chi connectivity index (χ1n) is 5.78. The van der Waals surface area contributed by atoms with Crippen LogP contribution in [0.25, 0.3) is 0 Å². The topological polar surface area (TPSA) is 30.0 Å². The SMILES string of the molecule is O=C(Cc1cccc(F)c1Br)c1ccc(C(F)(F)F)cn1. The molecular formula is C14H8BrF4NO. The summed E-state index contributed by atoms with van der Waals surface area (Å²) in [5.74, 6) is -1.00. The van der Waals surface area contributed by atoms with Crippen LogP contribution in [0.5, 0.6) is 0 Å². The molecule has 0 bridgehead atoms. The Bertz CT molecular complexity index is 668. The zero-order chi connectivity index (χ0) is 15.6. The van der Waals surface area contributed by atoms with Crippen LogP contribution < -0.4 is 0 Å². The first-order valence-corrected chi connectivity index (χ1v) is 6.57. The number of carbonyl (C=O) groups is 1. The van der Waals surface area contributed by atoms with Gasteiger partial charge in [-0.2, -0.15) is 13.2 Å². The van der Waals surface area contributed by atoms with Gasteiger partial charge in [-0.1, -0.05) is 12.1 Å². The molecule has 0 spiro atoms. The first-order chi connectivity index (χ1) is 9.79. The van der Waals surface area contributed by atoms with Crippen molar-refractivity contribution in [2.45, 2.75) is 12.6 Å². The lowest BCUT2D eigenvalue weighted by Crippen LogP contribution is -2.10. The summed E-state index contributed by atoms with van der Waals surface area (Å²) in [7, 11) is 0. The Morgan fingerprint density at radius 3 is 2.48 bits per heavy atom. The van der Waals surface area contributed by atoms with E-state index in [1.54, 1.807) is 6.07 Å². The van der Waals surface area contributed by atoms with Crippen molar-refractivity contribution in [2.75, 3.05) is 0 Å². The van der Waals surface area contributed by atoms with Gasteiger partial charge in [0.15, 0.2) is 5.78 Å². The lowest BCUT2D eigenvalue weighted by Gasteiger charge is -2.07. The number of Topliss-reactive ketones (excluding diaryl/α,β-unsaturated/α-hetero) is 1. The largest absolute Gasteiger partial charge is 0.417 e. The molecule has 0 atom stereocenters. The number of hydrogen-bond acceptors (Lipinski definition) is 2. The van der Waals surface area contributed by atoms with Crippen LogP contribution in [0.15, 0.2) is 41.0 Å². The summed E-state index contributed by atoms with van der Waals surface area (Å²) in [5.41, 5.74) is -0.619. The second-order valence-electron chi connectivity index (χ2n) is 4.24. The van der Waals surface area contributed by atoms with Crippen molar-refractivity contribution >= 4 is 21.7 Å². The summed E-state index contributed by atoms with van der Waals surface area (Å²) in [6.07, 6.45) is -4.05. The first kappa shape index (κ1) is 15.6. The molecule has 0 aliphatic heterocycles. The van der Waals surface area contributed by atoms with Gasteiger partial charge in [0, 0.05) is 12.6 Å². The molecule has 0 aliphatic carbocycles. The van der Waals surface area contributed by atoms with Crippen LogP contribution in [0, 0.1) is 5.82 Å². The maximum absolute atomic E-state index is 13.3. The van der Waals surface area contributed by atoms with Crippen molar-refractivity contribution in [2.24, 2.45) is 0 Å². The number of hydrogen-bond donors (Lipinski definition) is 0. The number of aromatic nitrogens is 1. The van der Waals surface area contributed by atoms with Crippen molar-refractivity contribution in [1.82, 2.24) is 4.98 Å². The Labute approximate surface area is 125 Å². The predicted molar refractivity (Wildman–Crippen MR) is 71.4 cm³/mol. The molecule has 1 aromatic heterocycles. The third kappa shape index (κ3) is 3.66. The monoisotopic (exact) mass is 361 g/mol. The van der Waals surface area contributed by atoms with Crippen molar-refractivity contribution in [3.05, 3.63) is 63.6 Å². The zero-order valence-electron chi connectivity index (χ0n) is 10.4. The summed E-state index contributed by atoms with van der Waals surface area (Å²) >= 11 is 3.02. The number of pyridine rings is 1. The lowest BCUT2D eigenvalue weighted by atomic mass is 10.1. The van der Waals surface area contributed by atoms with Crippen LogP contribution in [-0.2, 0) is 12.6 Å². The number of rotatable bonds is 3. The Balaban J connectivity index is 2.19. The van der Waals surface area contributed by atoms with Gasteiger partial charge in [0.05, 0.1) is 10.0 Å². The minimum atomic E-state index is -4.50. The second kappa shape index (κ2) is 5.93. The number of halogens is 5. The van der Waals surface area contributed by atoms with Gasteiger partial charge in [0.25, 0.3) is 0 Å². The fourth-order valence-electron chi connectivity index (χ4n) is 1.68. The van der Waals surface area contributed by atoms with E-state index < -0.39 is 23.3 Å². The van der Waals surface area contributed by atoms with E-state index in [-0.39, 0.29) is 16.6 Å². The summed E-state index contributed by atoms with van der Waals surface area (Å²) in [4.78, 5) is 15.5. The summed E-state index contributed by atoms with van der Waals surface area (Å²) < 4.78 is 50.7. The smallest absolute Gasteiger partial charge is 0.292 e. The fourth-order valence-corrected chi connectivity index (χ4v) is 2.08. The third-order valence-electron chi connectivity index (χ3n) is 2.76. The highest BCUT2D eigenvalue weighted by Gasteiger charge is 2.30. The molecule has 0 N–H and O–H groups in total. The molecule has 2 nitrogen and oxygen atoms in total. The van der Waals surface area contributed by atoms with Gasteiger partial charge in [-0.3, -0.25) is 9.78 Å². The average molecular weight is 362 g/mol. The van der Waals surface area contributed by atoms with Crippen LogP contribution in [0.4, 0.5) is 17.6 Å². The molecule has 2 rings (SSSR count). The Hall–Kier alpha value is -1.76. The molecule has 0 radical (unpaired) electrons. The predicted octanol–water partition coefficient (Wildman–Crippen LogP) is 4.43. The van der Waals surface area contributed by atoms with Gasteiger partial charge in [-0.15, -0.1) is 0 Å². The summed E-state index contributed by atoms with van der Waals surface area (Å²) in [6, 6.07) is 6.03. The zero-order valence-corrected chi connectivity index (χ0v) is 12.0. The van der Waals surface area contributed by atoms with Gasteiger partial charge >= 0.3 is 6.18 Å². The molecule has 21 heavy (non-hydrogen) atoms. The van der Waals surface area contributed by atoms with E-state index in [1.165, 1.54) is 12.1 Å². The number of benzene rings is 1. The van der Waals surface area contributed by atoms with Gasteiger partial charge < -0.3 is 0 Å². The van der Waals surface area contributed by atoms with Crippen LogP contribution in [0.2, 0.25) is 0 Å². The van der Waals surface area contributed by atoms with Crippen molar-refractivity contribution in [1.29, 1.82) is 0 Å². The Morgan fingerprint density at radius 1 is 1.19 bits per heavy atom. The fraction of sp³-hybridized carbons (Fsp3) is 0.143. The van der Waals surface area contributed by atoms with Gasteiger partial charge in [-0.05, 0) is 39.7 Å². The molecule has 110 valence electrons. The third-order valence-corrected chi connectivity index (χ3v) is 3.65. The quantitative estimate of drug-likeness (QED) is 0.598. The van der Waals surface area contributed by atoms with Gasteiger partial charge in [-0.25, -0.2) is 4.39 Å². The molecule has 0 unspecified atom stereocenters. The molecule has 1 aromatic carbocycles. The molecular weight excluding hydrogens is 354 g/mol. The number of nitrogens with zero attached hydrogens (tertiary/aromatic N) is 1. The lowest BCUT2D eigenvalue weighted by molar-refractivity contribution is -0.137. The van der Waals surface area contributed by atoms with Crippen molar-refractivity contribution < 1.29 is 22.4 Å². The molecule has 0 fully saturated rings. The van der Waals surface area contributed by atoms with Gasteiger partial charge in [0.1, 0.15) is 11.5 Å². The molecule has 0 saturated heterocycles. The van der Waals surface area contributed by atoms with E-state index in [4.69, 9.17) is 0 Å². The highest BCUT2D eigenvalue weighted by atomic mass is 79.9. The highest BCUT2D eigenvalue weighted by Crippen LogP contribution is 2.28. The van der Waals surface area contributed by atoms with E-state index in [9.17, 15) is 22.4 Å². The number of carbonyl (C=O) groups excluding carboxylic acids is 1. The van der Waals surface area contributed by atoms with Crippen molar-refractivity contribution in [3.8, 4) is 0 Å². The van der Waals surface area contributed by atoms with Crippen LogP contribution in [0.1, 0.15) is 21.6 Å². The molecule has 7 heteroatoms.